The number of aliphatic hydroxyl groups is 1. The van der Waals surface area contributed by atoms with Crippen LogP contribution in [0.5, 0.6) is 0 Å². The zero-order valence-electron chi connectivity index (χ0n) is 9.07. The second kappa shape index (κ2) is 4.96. The van der Waals surface area contributed by atoms with E-state index in [0.717, 1.165) is 24.5 Å². The molecule has 1 atom stereocenters. The fraction of sp³-hybridized carbons (Fsp3) is 0.545. The first-order chi connectivity index (χ1) is 6.69. The molecule has 78 valence electrons. The quantitative estimate of drug-likeness (QED) is 0.796. The Hall–Kier alpha value is -1.09. The minimum Gasteiger partial charge on any atom is -0.389 e. The van der Waals surface area contributed by atoms with Gasteiger partial charge in [-0.25, -0.2) is 4.98 Å². The lowest BCUT2D eigenvalue weighted by Gasteiger charge is -2.20. The van der Waals surface area contributed by atoms with Crippen LogP contribution in [0.15, 0.2) is 18.3 Å². The van der Waals surface area contributed by atoms with Crippen LogP contribution in [0.4, 0.5) is 5.82 Å². The van der Waals surface area contributed by atoms with Gasteiger partial charge in [-0.05, 0) is 38.5 Å². The molecule has 0 saturated carbocycles. The molecule has 3 heteroatoms. The fourth-order valence-electron chi connectivity index (χ4n) is 1.41. The summed E-state index contributed by atoms with van der Waals surface area (Å²) < 4.78 is 0. The Morgan fingerprint density at radius 3 is 2.57 bits per heavy atom. The predicted octanol–water partition coefficient (Wildman–Crippen LogP) is 1.98. The normalized spacial score (nSPS) is 12.6. The summed E-state index contributed by atoms with van der Waals surface area (Å²) >= 11 is 0. The smallest absolute Gasteiger partial charge is 0.128 e. The Morgan fingerprint density at radius 2 is 2.07 bits per heavy atom. The van der Waals surface area contributed by atoms with Gasteiger partial charge < -0.3 is 10.0 Å². The number of aliphatic hydroxyl groups excluding tert-OH is 1. The number of pyridine rings is 1. The van der Waals surface area contributed by atoms with Crippen molar-refractivity contribution in [3.8, 4) is 0 Å². The number of aromatic nitrogens is 1. The van der Waals surface area contributed by atoms with Gasteiger partial charge in [-0.15, -0.1) is 0 Å². The zero-order valence-corrected chi connectivity index (χ0v) is 9.07. The van der Waals surface area contributed by atoms with Crippen molar-refractivity contribution >= 4 is 5.82 Å². The van der Waals surface area contributed by atoms with E-state index in [4.69, 9.17) is 0 Å². The predicted molar refractivity (Wildman–Crippen MR) is 58.4 cm³/mol. The van der Waals surface area contributed by atoms with Crippen molar-refractivity contribution in [2.45, 2.75) is 26.9 Å². The van der Waals surface area contributed by atoms with E-state index in [1.165, 1.54) is 0 Å². The van der Waals surface area contributed by atoms with Gasteiger partial charge in [-0.3, -0.25) is 0 Å². The molecule has 0 aliphatic carbocycles. The van der Waals surface area contributed by atoms with Crippen molar-refractivity contribution in [1.29, 1.82) is 0 Å². The minimum atomic E-state index is -0.424. The van der Waals surface area contributed by atoms with Gasteiger partial charge in [0.2, 0.25) is 0 Å². The molecule has 1 aromatic rings. The number of anilines is 1. The Bertz CT molecular complexity index is 282. The van der Waals surface area contributed by atoms with Crippen molar-refractivity contribution < 1.29 is 5.11 Å². The lowest BCUT2D eigenvalue weighted by Crippen LogP contribution is -2.23. The minimum absolute atomic E-state index is 0.424. The highest BCUT2D eigenvalue weighted by Crippen LogP contribution is 2.17. The van der Waals surface area contributed by atoms with Gasteiger partial charge in [-0.2, -0.15) is 0 Å². The molecule has 0 amide bonds. The first-order valence-corrected chi connectivity index (χ1v) is 5.08. The third-order valence-electron chi connectivity index (χ3n) is 2.34. The van der Waals surface area contributed by atoms with E-state index in [1.54, 1.807) is 13.1 Å². The highest BCUT2D eigenvalue weighted by atomic mass is 16.3. The third kappa shape index (κ3) is 2.45. The summed E-state index contributed by atoms with van der Waals surface area (Å²) in [6.45, 7) is 7.83. The van der Waals surface area contributed by atoms with Crippen molar-refractivity contribution in [3.63, 3.8) is 0 Å². The maximum atomic E-state index is 9.43. The van der Waals surface area contributed by atoms with Gasteiger partial charge in [0.05, 0.1) is 6.10 Å². The number of rotatable bonds is 4. The van der Waals surface area contributed by atoms with Crippen LogP contribution in [-0.4, -0.2) is 23.2 Å². The second-order valence-corrected chi connectivity index (χ2v) is 3.30. The highest BCUT2D eigenvalue weighted by Gasteiger charge is 2.06. The monoisotopic (exact) mass is 194 g/mol. The molecule has 0 fully saturated rings. The van der Waals surface area contributed by atoms with Gasteiger partial charge >= 0.3 is 0 Å². The standard InChI is InChI=1S/C11H18N2O/c1-4-13(5-2)11-8-10(9(3)14)6-7-12-11/h6-9,14H,4-5H2,1-3H3/t9-/m1/s1. The molecule has 0 bridgehead atoms. The van der Waals surface area contributed by atoms with Gasteiger partial charge in [0.1, 0.15) is 5.82 Å². The summed E-state index contributed by atoms with van der Waals surface area (Å²) in [5, 5.41) is 9.43. The van der Waals surface area contributed by atoms with Gasteiger partial charge in [-0.1, -0.05) is 0 Å². The molecule has 1 aromatic heterocycles. The third-order valence-corrected chi connectivity index (χ3v) is 2.34. The molecule has 3 nitrogen and oxygen atoms in total. The molecule has 0 radical (unpaired) electrons. The summed E-state index contributed by atoms with van der Waals surface area (Å²) in [6.07, 6.45) is 1.32. The second-order valence-electron chi connectivity index (χ2n) is 3.30. The van der Waals surface area contributed by atoms with Crippen molar-refractivity contribution in [2.24, 2.45) is 0 Å². The Morgan fingerprint density at radius 1 is 1.43 bits per heavy atom. The first kappa shape index (κ1) is 11.0. The maximum absolute atomic E-state index is 9.43. The molecule has 14 heavy (non-hydrogen) atoms. The van der Waals surface area contributed by atoms with E-state index in [1.807, 2.05) is 12.1 Å². The topological polar surface area (TPSA) is 36.4 Å². The van der Waals surface area contributed by atoms with Crippen LogP contribution in [0.1, 0.15) is 32.4 Å². The van der Waals surface area contributed by atoms with E-state index in [-0.39, 0.29) is 0 Å². The van der Waals surface area contributed by atoms with Crippen LogP contribution >= 0.6 is 0 Å². The molecule has 1 heterocycles. The van der Waals surface area contributed by atoms with E-state index in [2.05, 4.69) is 23.7 Å². The van der Waals surface area contributed by atoms with Gasteiger partial charge in [0, 0.05) is 19.3 Å². The lowest BCUT2D eigenvalue weighted by atomic mass is 10.1. The first-order valence-electron chi connectivity index (χ1n) is 5.08. The molecule has 0 aliphatic rings. The molecule has 0 aliphatic heterocycles. The number of hydrogen-bond acceptors (Lipinski definition) is 3. The Balaban J connectivity index is 2.92. The van der Waals surface area contributed by atoms with Crippen LogP contribution in [0.3, 0.4) is 0 Å². The van der Waals surface area contributed by atoms with Crippen molar-refractivity contribution in [1.82, 2.24) is 4.98 Å². The summed E-state index contributed by atoms with van der Waals surface area (Å²) in [4.78, 5) is 6.44. The molecule has 0 saturated heterocycles. The van der Waals surface area contributed by atoms with E-state index >= 15 is 0 Å². The molecular weight excluding hydrogens is 176 g/mol. The number of hydrogen-bond donors (Lipinski definition) is 1. The number of nitrogens with zero attached hydrogens (tertiary/aromatic N) is 2. The summed E-state index contributed by atoms with van der Waals surface area (Å²) in [5.74, 6) is 0.938. The molecule has 0 spiro atoms. The lowest BCUT2D eigenvalue weighted by molar-refractivity contribution is 0.199. The average molecular weight is 194 g/mol. The average Bonchev–Trinajstić information content (AvgIpc) is 2.20. The SMILES string of the molecule is CCN(CC)c1cc([C@@H](C)O)ccn1. The van der Waals surface area contributed by atoms with Crippen LogP contribution < -0.4 is 4.90 Å². The van der Waals surface area contributed by atoms with Crippen molar-refractivity contribution in [2.75, 3.05) is 18.0 Å². The largest absolute Gasteiger partial charge is 0.389 e. The van der Waals surface area contributed by atoms with Gasteiger partial charge in [0.15, 0.2) is 0 Å². The highest BCUT2D eigenvalue weighted by molar-refractivity contribution is 5.41. The molecule has 0 unspecified atom stereocenters. The summed E-state index contributed by atoms with van der Waals surface area (Å²) in [5.41, 5.74) is 0.918. The molecule has 1 N–H and O–H groups in total. The van der Waals surface area contributed by atoms with E-state index in [0.29, 0.717) is 0 Å². The van der Waals surface area contributed by atoms with Crippen LogP contribution in [0, 0.1) is 0 Å². The fourth-order valence-corrected chi connectivity index (χ4v) is 1.41. The molecule has 0 aromatic carbocycles. The molecule has 1 rings (SSSR count). The summed E-state index contributed by atoms with van der Waals surface area (Å²) in [6, 6.07) is 3.79. The summed E-state index contributed by atoms with van der Waals surface area (Å²) in [7, 11) is 0. The van der Waals surface area contributed by atoms with Crippen LogP contribution in [0.25, 0.3) is 0 Å². The zero-order chi connectivity index (χ0) is 10.6. The van der Waals surface area contributed by atoms with Gasteiger partial charge in [0.25, 0.3) is 0 Å². The molecular formula is C11H18N2O. The maximum Gasteiger partial charge on any atom is 0.128 e. The Labute approximate surface area is 85.4 Å². The Kier molecular flexibility index (Phi) is 3.89. The van der Waals surface area contributed by atoms with E-state index < -0.39 is 6.10 Å². The van der Waals surface area contributed by atoms with Crippen molar-refractivity contribution in [3.05, 3.63) is 23.9 Å². The van der Waals surface area contributed by atoms with Crippen LogP contribution in [0.2, 0.25) is 0 Å². The van der Waals surface area contributed by atoms with Crippen LogP contribution in [-0.2, 0) is 0 Å². The van der Waals surface area contributed by atoms with E-state index in [9.17, 15) is 5.11 Å².